The van der Waals surface area contributed by atoms with E-state index in [1.165, 1.54) is 0 Å². The van der Waals surface area contributed by atoms with Gasteiger partial charge < -0.3 is 10.3 Å². The van der Waals surface area contributed by atoms with Gasteiger partial charge in [0.15, 0.2) is 0 Å². The molecule has 3 heteroatoms. The Bertz CT molecular complexity index is 584. The van der Waals surface area contributed by atoms with Crippen LogP contribution in [0.4, 0.5) is 0 Å². The lowest BCUT2D eigenvalue weighted by molar-refractivity contribution is 0.0887. The zero-order valence-electron chi connectivity index (χ0n) is 13.0. The number of nitrogens with one attached hydrogen (secondary N) is 2. The number of aromatic amines is 1. The molecule has 3 nitrogen and oxygen atoms in total. The Morgan fingerprint density at radius 1 is 1.15 bits per heavy atom. The Kier molecular flexibility index (Phi) is 3.63. The molecule has 0 saturated heterocycles. The highest BCUT2D eigenvalue weighted by atomic mass is 16.2. The van der Waals surface area contributed by atoms with E-state index in [9.17, 15) is 4.79 Å². The van der Waals surface area contributed by atoms with E-state index in [1.807, 2.05) is 30.3 Å². The molecule has 2 aromatic rings. The minimum absolute atomic E-state index is 0.0459. The number of hydrogen-bond acceptors (Lipinski definition) is 1. The predicted molar refractivity (Wildman–Crippen MR) is 83.9 cm³/mol. The van der Waals surface area contributed by atoms with Gasteiger partial charge >= 0.3 is 0 Å². The van der Waals surface area contributed by atoms with Crippen molar-refractivity contribution in [1.82, 2.24) is 10.3 Å². The highest BCUT2D eigenvalue weighted by Gasteiger charge is 2.27. The summed E-state index contributed by atoms with van der Waals surface area (Å²) in [5.41, 5.74) is 1.56. The minimum atomic E-state index is -0.230. The molecule has 0 aliphatic carbocycles. The van der Waals surface area contributed by atoms with E-state index in [0.717, 1.165) is 17.3 Å². The molecular weight excluding hydrogens is 248 g/mol. The monoisotopic (exact) mass is 272 g/mol. The third-order valence-corrected chi connectivity index (χ3v) is 3.20. The van der Waals surface area contributed by atoms with Crippen molar-refractivity contribution in [2.24, 2.45) is 5.41 Å². The summed E-state index contributed by atoms with van der Waals surface area (Å²) < 4.78 is 0. The van der Waals surface area contributed by atoms with Crippen LogP contribution in [0.15, 0.2) is 30.3 Å². The number of para-hydroxylation sites is 1. The molecule has 2 rings (SSSR count). The lowest BCUT2D eigenvalue weighted by atomic mass is 9.82. The van der Waals surface area contributed by atoms with E-state index in [1.54, 1.807) is 0 Å². The first-order valence-corrected chi connectivity index (χ1v) is 7.07. The largest absolute Gasteiger partial charge is 0.351 e. The fourth-order valence-corrected chi connectivity index (χ4v) is 2.94. The van der Waals surface area contributed by atoms with Crippen LogP contribution < -0.4 is 5.32 Å². The van der Waals surface area contributed by atoms with Crippen LogP contribution >= 0.6 is 0 Å². The Balaban J connectivity index is 2.15. The molecule has 1 aromatic carbocycles. The number of carbonyl (C=O) groups excluding carboxylic acids is 1. The van der Waals surface area contributed by atoms with Gasteiger partial charge in [-0.2, -0.15) is 0 Å². The fourth-order valence-electron chi connectivity index (χ4n) is 2.94. The van der Waals surface area contributed by atoms with Crippen molar-refractivity contribution in [3.8, 4) is 0 Å². The molecule has 1 heterocycles. The molecule has 0 aliphatic rings. The van der Waals surface area contributed by atoms with Crippen molar-refractivity contribution in [3.63, 3.8) is 0 Å². The summed E-state index contributed by atoms with van der Waals surface area (Å²) in [6.45, 7) is 10.7. The first-order chi connectivity index (χ1) is 9.16. The van der Waals surface area contributed by atoms with Crippen LogP contribution in [0, 0.1) is 5.41 Å². The Morgan fingerprint density at radius 3 is 2.40 bits per heavy atom. The van der Waals surface area contributed by atoms with Crippen LogP contribution in [0.25, 0.3) is 10.9 Å². The third-order valence-electron chi connectivity index (χ3n) is 3.20. The van der Waals surface area contributed by atoms with Gasteiger partial charge in [-0.05, 0) is 37.8 Å². The van der Waals surface area contributed by atoms with Gasteiger partial charge in [0.05, 0.1) is 0 Å². The first kappa shape index (κ1) is 14.6. The van der Waals surface area contributed by atoms with Crippen LogP contribution in [0.5, 0.6) is 0 Å². The van der Waals surface area contributed by atoms with E-state index >= 15 is 0 Å². The normalized spacial score (nSPS) is 12.7. The zero-order chi connectivity index (χ0) is 15.0. The van der Waals surface area contributed by atoms with Gasteiger partial charge in [0, 0.05) is 16.4 Å². The second-order valence-corrected chi connectivity index (χ2v) is 7.35. The van der Waals surface area contributed by atoms with Crippen LogP contribution in [0.1, 0.15) is 51.5 Å². The number of amides is 1. The van der Waals surface area contributed by atoms with Crippen LogP contribution in [0.3, 0.4) is 0 Å². The predicted octanol–water partition coefficient (Wildman–Crippen LogP) is 4.11. The Morgan fingerprint density at radius 2 is 1.80 bits per heavy atom. The number of fused-ring (bicyclic) bond motifs is 1. The van der Waals surface area contributed by atoms with Crippen molar-refractivity contribution < 1.29 is 4.79 Å². The van der Waals surface area contributed by atoms with Crippen LogP contribution in [-0.2, 0) is 0 Å². The molecule has 0 saturated carbocycles. The maximum atomic E-state index is 12.4. The van der Waals surface area contributed by atoms with Gasteiger partial charge in [-0.3, -0.25) is 4.79 Å². The van der Waals surface area contributed by atoms with Gasteiger partial charge in [-0.15, -0.1) is 0 Å². The van der Waals surface area contributed by atoms with Crippen molar-refractivity contribution >= 4 is 16.8 Å². The van der Waals surface area contributed by atoms with Crippen molar-refractivity contribution in [1.29, 1.82) is 0 Å². The highest BCUT2D eigenvalue weighted by Crippen LogP contribution is 2.27. The molecule has 2 N–H and O–H groups in total. The summed E-state index contributed by atoms with van der Waals surface area (Å²) in [5, 5.41) is 4.18. The van der Waals surface area contributed by atoms with E-state index in [-0.39, 0.29) is 16.9 Å². The first-order valence-electron chi connectivity index (χ1n) is 7.07. The second-order valence-electron chi connectivity index (χ2n) is 7.35. The zero-order valence-corrected chi connectivity index (χ0v) is 13.0. The molecule has 0 fully saturated rings. The van der Waals surface area contributed by atoms with Gasteiger partial charge in [-0.25, -0.2) is 0 Å². The lowest BCUT2D eigenvalue weighted by Crippen LogP contribution is -2.45. The molecule has 20 heavy (non-hydrogen) atoms. The maximum Gasteiger partial charge on any atom is 0.268 e. The van der Waals surface area contributed by atoms with Crippen molar-refractivity contribution in [3.05, 3.63) is 36.0 Å². The molecule has 0 spiro atoms. The summed E-state index contributed by atoms with van der Waals surface area (Å²) in [4.78, 5) is 15.5. The van der Waals surface area contributed by atoms with Gasteiger partial charge in [-0.1, -0.05) is 39.0 Å². The van der Waals surface area contributed by atoms with Crippen molar-refractivity contribution in [2.45, 2.75) is 46.6 Å². The second kappa shape index (κ2) is 4.97. The summed E-state index contributed by atoms with van der Waals surface area (Å²) in [5.74, 6) is -0.0459. The molecular formula is C17H24N2O. The molecule has 1 amide bonds. The van der Waals surface area contributed by atoms with E-state index < -0.39 is 0 Å². The summed E-state index contributed by atoms with van der Waals surface area (Å²) in [6.07, 6.45) is 0.923. The standard InChI is InChI=1S/C17H24N2O/c1-16(2,3)11-17(4,5)19-15(20)14-10-12-8-6-7-9-13(12)18-14/h6-10,18H,11H2,1-5H3,(H,19,20). The molecule has 108 valence electrons. The number of H-pyrrole nitrogens is 1. The molecule has 1 aromatic heterocycles. The van der Waals surface area contributed by atoms with Crippen LogP contribution in [-0.4, -0.2) is 16.4 Å². The summed E-state index contributed by atoms with van der Waals surface area (Å²) >= 11 is 0. The van der Waals surface area contributed by atoms with E-state index in [4.69, 9.17) is 0 Å². The van der Waals surface area contributed by atoms with Gasteiger partial charge in [0.2, 0.25) is 0 Å². The average molecular weight is 272 g/mol. The maximum absolute atomic E-state index is 12.4. The number of hydrogen-bond donors (Lipinski definition) is 2. The van der Waals surface area contributed by atoms with Gasteiger partial charge in [0.25, 0.3) is 5.91 Å². The van der Waals surface area contributed by atoms with Gasteiger partial charge in [0.1, 0.15) is 5.69 Å². The molecule has 0 aliphatic heterocycles. The fraction of sp³-hybridized carbons (Fsp3) is 0.471. The average Bonchev–Trinajstić information content (AvgIpc) is 2.68. The summed E-state index contributed by atoms with van der Waals surface area (Å²) in [7, 11) is 0. The van der Waals surface area contributed by atoms with Crippen LogP contribution in [0.2, 0.25) is 0 Å². The molecule has 0 atom stereocenters. The highest BCUT2D eigenvalue weighted by molar-refractivity contribution is 5.98. The number of rotatable bonds is 3. The van der Waals surface area contributed by atoms with E-state index in [0.29, 0.717) is 5.69 Å². The number of benzene rings is 1. The topological polar surface area (TPSA) is 44.9 Å². The Hall–Kier alpha value is -1.77. The van der Waals surface area contributed by atoms with E-state index in [2.05, 4.69) is 44.9 Å². The lowest BCUT2D eigenvalue weighted by Gasteiger charge is -2.33. The molecule has 0 radical (unpaired) electrons. The molecule has 0 bridgehead atoms. The molecule has 0 unspecified atom stereocenters. The summed E-state index contributed by atoms with van der Waals surface area (Å²) in [6, 6.07) is 9.82. The number of aromatic nitrogens is 1. The van der Waals surface area contributed by atoms with Crippen molar-refractivity contribution in [2.75, 3.05) is 0 Å². The Labute approximate surface area is 120 Å². The number of carbonyl (C=O) groups is 1. The SMILES string of the molecule is CC(C)(C)CC(C)(C)NC(=O)c1cc2ccccc2[nH]1. The smallest absolute Gasteiger partial charge is 0.268 e. The quantitative estimate of drug-likeness (QED) is 0.867. The minimum Gasteiger partial charge on any atom is -0.351 e. The third kappa shape index (κ3) is 3.62.